The van der Waals surface area contributed by atoms with Crippen LogP contribution in [0.1, 0.15) is 34.8 Å². The first-order valence-electron chi connectivity index (χ1n) is 8.02. The van der Waals surface area contributed by atoms with Gasteiger partial charge in [0.2, 0.25) is 0 Å². The van der Waals surface area contributed by atoms with Gasteiger partial charge >= 0.3 is 0 Å². The zero-order chi connectivity index (χ0) is 18.4. The van der Waals surface area contributed by atoms with Gasteiger partial charge in [0.15, 0.2) is 5.11 Å². The van der Waals surface area contributed by atoms with Crippen molar-refractivity contribution in [3.63, 3.8) is 0 Å². The van der Waals surface area contributed by atoms with Gasteiger partial charge in [0, 0.05) is 14.8 Å². The van der Waals surface area contributed by atoms with Crippen LogP contribution in [0.25, 0.3) is 0 Å². The first kappa shape index (κ1) is 19.7. The molecule has 0 bridgehead atoms. The Morgan fingerprint density at radius 2 is 1.84 bits per heavy atom. The predicted octanol–water partition coefficient (Wildman–Crippen LogP) is 4.82. The summed E-state index contributed by atoms with van der Waals surface area (Å²) in [6.45, 7) is 6.75. The van der Waals surface area contributed by atoms with Crippen molar-refractivity contribution < 1.29 is 9.53 Å². The zero-order valence-corrected chi connectivity index (χ0v) is 17.5. The van der Waals surface area contributed by atoms with Crippen molar-refractivity contribution in [2.24, 2.45) is 0 Å². The van der Waals surface area contributed by atoms with Crippen LogP contribution in [0.2, 0.25) is 0 Å². The van der Waals surface area contributed by atoms with E-state index >= 15 is 0 Å². The van der Waals surface area contributed by atoms with Gasteiger partial charge in [-0.15, -0.1) is 0 Å². The molecule has 2 rings (SSSR count). The van der Waals surface area contributed by atoms with Gasteiger partial charge in [-0.25, -0.2) is 0 Å². The van der Waals surface area contributed by atoms with E-state index in [0.717, 1.165) is 29.0 Å². The van der Waals surface area contributed by atoms with E-state index in [0.29, 0.717) is 12.2 Å². The van der Waals surface area contributed by atoms with Crippen molar-refractivity contribution in [2.75, 3.05) is 11.9 Å². The molecule has 0 aliphatic rings. The Balaban J connectivity index is 1.98. The molecule has 2 aromatic rings. The lowest BCUT2D eigenvalue weighted by atomic mass is 10.1. The lowest BCUT2D eigenvalue weighted by Crippen LogP contribution is -2.34. The average molecular weight is 468 g/mol. The highest BCUT2D eigenvalue weighted by Crippen LogP contribution is 2.21. The number of rotatable bonds is 5. The van der Waals surface area contributed by atoms with Crippen LogP contribution in [0.4, 0.5) is 5.69 Å². The smallest absolute Gasteiger partial charge is 0.257 e. The second-order valence-corrected chi connectivity index (χ2v) is 7.27. The topological polar surface area (TPSA) is 50.4 Å². The number of halogens is 1. The Kier molecular flexibility index (Phi) is 7.19. The van der Waals surface area contributed by atoms with Gasteiger partial charge in [-0.05, 0) is 103 Å². The highest BCUT2D eigenvalue weighted by atomic mass is 127. The first-order valence-corrected chi connectivity index (χ1v) is 9.51. The number of carbonyl (C=O) groups excluding carboxylic acids is 1. The Labute approximate surface area is 167 Å². The number of hydrogen-bond donors (Lipinski definition) is 2. The monoisotopic (exact) mass is 468 g/mol. The standard InChI is InChI=1S/C19H21IN2O2S/c1-4-9-24-15-7-5-14(6-8-15)18(23)22-19(25)21-17-11-12(2)16(20)10-13(17)3/h5-8,10-11H,4,9H2,1-3H3,(H2,21,22,23,25). The lowest BCUT2D eigenvalue weighted by Gasteiger charge is -2.13. The van der Waals surface area contributed by atoms with Crippen molar-refractivity contribution in [3.8, 4) is 5.75 Å². The molecule has 0 aliphatic carbocycles. The number of thiocarbonyl (C=S) groups is 1. The summed E-state index contributed by atoms with van der Waals surface area (Å²) in [5, 5.41) is 6.07. The van der Waals surface area contributed by atoms with Crippen LogP contribution in [0, 0.1) is 17.4 Å². The van der Waals surface area contributed by atoms with Gasteiger partial charge in [-0.3, -0.25) is 10.1 Å². The number of aryl methyl sites for hydroxylation is 2. The van der Waals surface area contributed by atoms with Crippen LogP contribution >= 0.6 is 34.8 Å². The van der Waals surface area contributed by atoms with Crippen molar-refractivity contribution in [2.45, 2.75) is 27.2 Å². The van der Waals surface area contributed by atoms with Crippen molar-refractivity contribution >= 4 is 51.5 Å². The molecule has 0 aromatic heterocycles. The number of amides is 1. The van der Waals surface area contributed by atoms with Crippen LogP contribution in [0.3, 0.4) is 0 Å². The summed E-state index contributed by atoms with van der Waals surface area (Å²) in [5.41, 5.74) is 3.66. The molecule has 2 aromatic carbocycles. The molecule has 0 aliphatic heterocycles. The van der Waals surface area contributed by atoms with Crippen molar-refractivity contribution in [3.05, 3.63) is 56.7 Å². The molecule has 0 atom stereocenters. The molecule has 0 saturated carbocycles. The number of nitrogens with one attached hydrogen (secondary N) is 2. The molecule has 4 nitrogen and oxygen atoms in total. The molecule has 0 unspecified atom stereocenters. The van der Waals surface area contributed by atoms with E-state index in [9.17, 15) is 4.79 Å². The molecule has 0 spiro atoms. The van der Waals surface area contributed by atoms with E-state index < -0.39 is 0 Å². The number of hydrogen-bond acceptors (Lipinski definition) is 3. The fourth-order valence-electron chi connectivity index (χ4n) is 2.17. The molecule has 2 N–H and O–H groups in total. The van der Waals surface area contributed by atoms with Gasteiger partial charge < -0.3 is 10.1 Å². The van der Waals surface area contributed by atoms with Gasteiger partial charge in [0.1, 0.15) is 5.75 Å². The molecule has 0 radical (unpaired) electrons. The van der Waals surface area contributed by atoms with Gasteiger partial charge in [-0.1, -0.05) is 6.92 Å². The Hall–Kier alpha value is -1.67. The summed E-state index contributed by atoms with van der Waals surface area (Å²) < 4.78 is 6.71. The highest BCUT2D eigenvalue weighted by Gasteiger charge is 2.10. The van der Waals surface area contributed by atoms with Gasteiger partial charge in [-0.2, -0.15) is 0 Å². The molecular formula is C19H21IN2O2S. The molecule has 6 heteroatoms. The number of ether oxygens (including phenoxy) is 1. The summed E-state index contributed by atoms with van der Waals surface area (Å²) >= 11 is 7.56. The van der Waals surface area contributed by atoms with Crippen molar-refractivity contribution in [1.82, 2.24) is 5.32 Å². The van der Waals surface area contributed by atoms with Gasteiger partial charge in [0.05, 0.1) is 6.61 Å². The minimum atomic E-state index is -0.251. The van der Waals surface area contributed by atoms with E-state index in [1.165, 1.54) is 3.57 Å². The van der Waals surface area contributed by atoms with Crippen LogP contribution in [0.15, 0.2) is 36.4 Å². The molecule has 1 amide bonds. The third kappa shape index (κ3) is 5.67. The summed E-state index contributed by atoms with van der Waals surface area (Å²) in [6.07, 6.45) is 0.944. The minimum absolute atomic E-state index is 0.251. The van der Waals surface area contributed by atoms with E-state index in [4.69, 9.17) is 17.0 Å². The maximum atomic E-state index is 12.3. The normalized spacial score (nSPS) is 10.2. The van der Waals surface area contributed by atoms with E-state index in [-0.39, 0.29) is 11.0 Å². The Bertz CT molecular complexity index is 776. The maximum Gasteiger partial charge on any atom is 0.257 e. The summed E-state index contributed by atoms with van der Waals surface area (Å²) in [7, 11) is 0. The van der Waals surface area contributed by atoms with Crippen molar-refractivity contribution in [1.29, 1.82) is 0 Å². The summed E-state index contributed by atoms with van der Waals surface area (Å²) in [6, 6.07) is 11.1. The lowest BCUT2D eigenvalue weighted by molar-refractivity contribution is 0.0977. The Morgan fingerprint density at radius 1 is 1.16 bits per heavy atom. The first-order chi connectivity index (χ1) is 11.9. The third-order valence-corrected chi connectivity index (χ3v) is 4.94. The van der Waals surface area contributed by atoms with Crippen LogP contribution < -0.4 is 15.4 Å². The molecular weight excluding hydrogens is 447 g/mol. The fourth-order valence-corrected chi connectivity index (χ4v) is 2.99. The number of anilines is 1. The summed E-state index contributed by atoms with van der Waals surface area (Å²) in [4.78, 5) is 12.3. The van der Waals surface area contributed by atoms with Crippen LogP contribution in [0.5, 0.6) is 5.75 Å². The second-order valence-electron chi connectivity index (χ2n) is 5.70. The molecule has 0 saturated heterocycles. The average Bonchev–Trinajstić information content (AvgIpc) is 2.58. The van der Waals surface area contributed by atoms with Crippen LogP contribution in [-0.4, -0.2) is 17.6 Å². The van der Waals surface area contributed by atoms with Crippen LogP contribution in [-0.2, 0) is 0 Å². The van der Waals surface area contributed by atoms with E-state index in [1.54, 1.807) is 24.3 Å². The molecule has 0 fully saturated rings. The van der Waals surface area contributed by atoms with E-state index in [1.807, 2.05) is 26.8 Å². The maximum absolute atomic E-state index is 12.3. The summed E-state index contributed by atoms with van der Waals surface area (Å²) in [5.74, 6) is 0.503. The third-order valence-electron chi connectivity index (χ3n) is 3.57. The zero-order valence-electron chi connectivity index (χ0n) is 14.5. The SMILES string of the molecule is CCCOc1ccc(C(=O)NC(=S)Nc2cc(C)c(I)cc2C)cc1. The van der Waals surface area contributed by atoms with E-state index in [2.05, 4.69) is 39.3 Å². The quantitative estimate of drug-likeness (QED) is 0.488. The predicted molar refractivity (Wildman–Crippen MR) is 115 cm³/mol. The minimum Gasteiger partial charge on any atom is -0.494 e. The molecule has 0 heterocycles. The number of benzene rings is 2. The largest absolute Gasteiger partial charge is 0.494 e. The highest BCUT2D eigenvalue weighted by molar-refractivity contribution is 14.1. The molecule has 132 valence electrons. The fraction of sp³-hybridized carbons (Fsp3) is 0.263. The van der Waals surface area contributed by atoms with Gasteiger partial charge in [0.25, 0.3) is 5.91 Å². The number of carbonyl (C=O) groups is 1. The second kappa shape index (κ2) is 9.15. The Morgan fingerprint density at radius 3 is 2.48 bits per heavy atom. The molecule has 25 heavy (non-hydrogen) atoms.